The van der Waals surface area contributed by atoms with E-state index < -0.39 is 17.0 Å². The van der Waals surface area contributed by atoms with E-state index in [4.69, 9.17) is 5.11 Å². The van der Waals surface area contributed by atoms with Crippen molar-refractivity contribution in [2.75, 3.05) is 26.4 Å². The zero-order chi connectivity index (χ0) is 23.1. The summed E-state index contributed by atoms with van der Waals surface area (Å²) in [5.74, 6) is 0.158. The predicted octanol–water partition coefficient (Wildman–Crippen LogP) is 1.10. The molecular formula is C22H36N4O4S. The van der Waals surface area contributed by atoms with Crippen LogP contribution in [0.3, 0.4) is 0 Å². The Morgan fingerprint density at radius 2 is 1.71 bits per heavy atom. The number of likely N-dealkylation sites (N-methyl/N-ethyl adjacent to an activating group) is 1. The van der Waals surface area contributed by atoms with Gasteiger partial charge in [0.25, 0.3) is 0 Å². The lowest BCUT2D eigenvalue weighted by atomic mass is 10.0. The van der Waals surface area contributed by atoms with Crippen LogP contribution in [0.25, 0.3) is 0 Å². The smallest absolute Gasteiger partial charge is 0.245 e. The van der Waals surface area contributed by atoms with Crippen LogP contribution in [0, 0.1) is 5.92 Å². The topological polar surface area (TPSA) is 102 Å². The van der Waals surface area contributed by atoms with E-state index in [0.29, 0.717) is 12.3 Å². The number of likely N-dealkylation sites (tertiary alicyclic amines) is 1. The first-order chi connectivity index (χ1) is 14.7. The lowest BCUT2D eigenvalue weighted by Gasteiger charge is -2.31. The van der Waals surface area contributed by atoms with Crippen LogP contribution in [0.4, 0.5) is 0 Å². The van der Waals surface area contributed by atoms with Crippen molar-refractivity contribution in [1.82, 2.24) is 19.8 Å². The van der Waals surface area contributed by atoms with E-state index in [2.05, 4.69) is 10.6 Å². The first-order valence-electron chi connectivity index (χ1n) is 10.8. The minimum absolute atomic E-state index is 0.0158. The predicted molar refractivity (Wildman–Crippen MR) is 123 cm³/mol. The third kappa shape index (κ3) is 6.51. The summed E-state index contributed by atoms with van der Waals surface area (Å²) in [5, 5.41) is 14.4. The highest BCUT2D eigenvalue weighted by molar-refractivity contribution is 7.81. The second-order valence-electron chi connectivity index (χ2n) is 8.38. The number of phenols is 1. The average Bonchev–Trinajstić information content (AvgIpc) is 3.33. The molecule has 1 aromatic carbocycles. The highest BCUT2D eigenvalue weighted by Gasteiger charge is 2.47. The van der Waals surface area contributed by atoms with Crippen molar-refractivity contribution < 1.29 is 18.9 Å². The molecule has 9 heteroatoms. The maximum Gasteiger partial charge on any atom is 0.245 e. The summed E-state index contributed by atoms with van der Waals surface area (Å²) in [4.78, 5) is 27.1. The number of phenolic OH excluding ortho intramolecular Hbond substituents is 1. The molecule has 3 rings (SSSR count). The summed E-state index contributed by atoms with van der Waals surface area (Å²) < 4.78 is 13.8. The van der Waals surface area contributed by atoms with Gasteiger partial charge in [0.2, 0.25) is 11.8 Å². The number of para-hydroxylation sites is 1. The molecule has 174 valence electrons. The highest BCUT2D eigenvalue weighted by Crippen LogP contribution is 2.33. The van der Waals surface area contributed by atoms with Gasteiger partial charge in [-0.05, 0) is 44.9 Å². The molecule has 2 saturated heterocycles. The third-order valence-corrected chi connectivity index (χ3v) is 7.07. The summed E-state index contributed by atoms with van der Waals surface area (Å²) in [7, 11) is 0.723. The van der Waals surface area contributed by atoms with Crippen LogP contribution < -0.4 is 10.6 Å². The lowest BCUT2D eigenvalue weighted by molar-refractivity contribution is -0.138. The number of carbonyl (C=O) groups is 2. The summed E-state index contributed by atoms with van der Waals surface area (Å²) in [6, 6.07) is 8.15. The Morgan fingerprint density at radius 1 is 1.10 bits per heavy atom. The highest BCUT2D eigenvalue weighted by atomic mass is 32.2. The van der Waals surface area contributed by atoms with Crippen LogP contribution in [-0.2, 0) is 20.6 Å². The molecule has 0 saturated carbocycles. The largest absolute Gasteiger partial charge is 0.508 e. The van der Waals surface area contributed by atoms with Gasteiger partial charge in [0.05, 0.1) is 17.0 Å². The normalized spacial score (nSPS) is 23.5. The maximum atomic E-state index is 13.0. The van der Waals surface area contributed by atoms with Crippen molar-refractivity contribution in [3.05, 3.63) is 30.3 Å². The summed E-state index contributed by atoms with van der Waals surface area (Å²) in [6.45, 7) is 7.10. The molecule has 2 amide bonds. The van der Waals surface area contributed by atoms with Gasteiger partial charge in [-0.3, -0.25) is 9.59 Å². The molecule has 0 spiro atoms. The fourth-order valence-electron chi connectivity index (χ4n) is 4.07. The zero-order valence-corrected chi connectivity index (χ0v) is 19.9. The van der Waals surface area contributed by atoms with Crippen molar-refractivity contribution in [3.8, 4) is 5.75 Å². The van der Waals surface area contributed by atoms with Crippen LogP contribution in [0.1, 0.15) is 33.6 Å². The fourth-order valence-corrected chi connectivity index (χ4v) is 5.06. The van der Waals surface area contributed by atoms with Crippen LogP contribution in [-0.4, -0.2) is 80.9 Å². The van der Waals surface area contributed by atoms with Gasteiger partial charge in [0.15, 0.2) is 0 Å². The quantitative estimate of drug-likeness (QED) is 0.600. The minimum atomic E-state index is -0.998. The second-order valence-corrected chi connectivity index (χ2v) is 9.70. The van der Waals surface area contributed by atoms with E-state index in [9.17, 15) is 13.8 Å². The number of hydrogen-bond donors (Lipinski definition) is 3. The van der Waals surface area contributed by atoms with Gasteiger partial charge in [-0.15, -0.1) is 0 Å². The minimum Gasteiger partial charge on any atom is -0.508 e. The number of benzene rings is 1. The molecule has 31 heavy (non-hydrogen) atoms. The SMILES string of the molecule is CN[C@@H](C)C(=O)NC(C(=O)N1CCC2C1CCN2S(C)=O)C(C)C.Oc1ccccc1. The van der Waals surface area contributed by atoms with E-state index in [0.717, 1.165) is 19.4 Å². The molecule has 2 aliphatic rings. The number of amides is 2. The standard InChI is InChI=1S/C16H30N4O3S.C6H6O/c1-10(2)14(18-15(21)11(3)17-4)16(22)19-8-6-13-12(19)7-9-20(13)24(5)23;7-6-4-2-1-3-5-6/h10-14,17H,6-9H2,1-5H3,(H,18,21);1-5,7H/t11-,12?,13?,14?,24?;/m0./s1. The molecule has 0 aromatic heterocycles. The first kappa shape index (κ1) is 25.3. The van der Waals surface area contributed by atoms with E-state index >= 15 is 0 Å². The lowest BCUT2D eigenvalue weighted by Crippen LogP contribution is -2.55. The van der Waals surface area contributed by atoms with Gasteiger partial charge in [0, 0.05) is 31.4 Å². The number of fused-ring (bicyclic) bond motifs is 1. The van der Waals surface area contributed by atoms with Gasteiger partial charge in [-0.1, -0.05) is 32.0 Å². The molecule has 0 bridgehead atoms. The maximum absolute atomic E-state index is 13.0. The Balaban J connectivity index is 0.000000412. The van der Waals surface area contributed by atoms with Crippen LogP contribution in [0.2, 0.25) is 0 Å². The number of nitrogens with one attached hydrogen (secondary N) is 2. The van der Waals surface area contributed by atoms with Gasteiger partial charge in [0.1, 0.15) is 11.8 Å². The molecule has 5 atom stereocenters. The number of aromatic hydroxyl groups is 1. The molecule has 2 heterocycles. The zero-order valence-electron chi connectivity index (χ0n) is 19.1. The summed E-state index contributed by atoms with van der Waals surface area (Å²) >= 11 is 0. The van der Waals surface area contributed by atoms with Crippen molar-refractivity contribution in [3.63, 3.8) is 0 Å². The fraction of sp³-hybridized carbons (Fsp3) is 0.636. The summed E-state index contributed by atoms with van der Waals surface area (Å²) in [5.41, 5.74) is 0. The Kier molecular flexibility index (Phi) is 9.46. The molecule has 3 N–H and O–H groups in total. The van der Waals surface area contributed by atoms with Gasteiger partial charge in [-0.25, -0.2) is 8.51 Å². The van der Waals surface area contributed by atoms with Gasteiger partial charge < -0.3 is 20.6 Å². The van der Waals surface area contributed by atoms with Crippen molar-refractivity contribution >= 4 is 22.8 Å². The second kappa shape index (κ2) is 11.6. The van der Waals surface area contributed by atoms with E-state index in [1.54, 1.807) is 44.5 Å². The molecule has 1 aromatic rings. The van der Waals surface area contributed by atoms with Gasteiger partial charge in [-0.2, -0.15) is 0 Å². The van der Waals surface area contributed by atoms with E-state index in [1.165, 1.54) is 0 Å². The molecular weight excluding hydrogens is 416 g/mol. The van der Waals surface area contributed by atoms with E-state index in [1.807, 2.05) is 29.1 Å². The Bertz CT molecular complexity index is 761. The molecule has 2 fully saturated rings. The molecule has 8 nitrogen and oxygen atoms in total. The number of rotatable bonds is 6. The number of carbonyl (C=O) groups excluding carboxylic acids is 2. The monoisotopic (exact) mass is 452 g/mol. The van der Waals surface area contributed by atoms with Crippen LogP contribution in [0.15, 0.2) is 30.3 Å². The Morgan fingerprint density at radius 3 is 2.19 bits per heavy atom. The van der Waals surface area contributed by atoms with Gasteiger partial charge >= 0.3 is 0 Å². The van der Waals surface area contributed by atoms with Crippen molar-refractivity contribution in [2.24, 2.45) is 5.92 Å². The van der Waals surface area contributed by atoms with Crippen LogP contribution in [0.5, 0.6) is 5.75 Å². The first-order valence-corrected chi connectivity index (χ1v) is 12.3. The van der Waals surface area contributed by atoms with Crippen molar-refractivity contribution in [1.29, 1.82) is 0 Å². The molecule has 0 aliphatic carbocycles. The number of hydrogen-bond acceptors (Lipinski definition) is 5. The molecule has 4 unspecified atom stereocenters. The molecule has 0 radical (unpaired) electrons. The van der Waals surface area contributed by atoms with E-state index in [-0.39, 0.29) is 35.9 Å². The molecule has 2 aliphatic heterocycles. The summed E-state index contributed by atoms with van der Waals surface area (Å²) in [6.07, 6.45) is 3.40. The number of nitrogens with zero attached hydrogens (tertiary/aromatic N) is 2. The Hall–Kier alpha value is -1.97. The Labute approximate surface area is 188 Å². The van der Waals surface area contributed by atoms with Crippen molar-refractivity contribution in [2.45, 2.75) is 57.8 Å². The average molecular weight is 453 g/mol. The third-order valence-electron chi connectivity index (χ3n) is 5.95. The van der Waals surface area contributed by atoms with Crippen LogP contribution >= 0.6 is 0 Å².